The SMILES string of the molecule is CC[C@@H]1OC(=O)[C@H](C)[C@H](O[C@H]2C[C@@](C)(OC)C[C@H](C)O2)[C@H](C)[C@@H](O[C@@H]2O[C@H](C)C[C@H](N(C)CC)[C@H]2OC(C)=O)[C@]2(C)CC(C)=C(O2)[C@@H](C)[C@@H](O)[C@H]1C. The Morgan fingerprint density at radius 1 is 0.962 bits per heavy atom. The Morgan fingerprint density at radius 3 is 2.23 bits per heavy atom. The first-order valence-corrected chi connectivity index (χ1v) is 19.6. The maximum Gasteiger partial charge on any atom is 0.311 e. The van der Waals surface area contributed by atoms with Crippen LogP contribution in [0, 0.1) is 23.7 Å². The first kappa shape index (κ1) is 42.9. The monoisotopic (exact) mass is 739 g/mol. The molecule has 4 aliphatic rings. The lowest BCUT2D eigenvalue weighted by molar-refractivity contribution is -0.310. The highest BCUT2D eigenvalue weighted by molar-refractivity contribution is 5.73. The smallest absolute Gasteiger partial charge is 0.311 e. The molecule has 4 heterocycles. The van der Waals surface area contributed by atoms with Gasteiger partial charge in [-0.2, -0.15) is 0 Å². The third-order valence-corrected chi connectivity index (χ3v) is 12.3. The predicted octanol–water partition coefficient (Wildman–Crippen LogP) is 5.77. The van der Waals surface area contributed by atoms with Crippen LogP contribution in [-0.4, -0.2) is 115 Å². The van der Waals surface area contributed by atoms with Crippen LogP contribution in [0.1, 0.15) is 115 Å². The lowest BCUT2D eigenvalue weighted by atomic mass is 9.79. The van der Waals surface area contributed by atoms with E-state index in [1.807, 2.05) is 76.3 Å². The fourth-order valence-electron chi connectivity index (χ4n) is 9.19. The van der Waals surface area contributed by atoms with Crippen LogP contribution in [0.4, 0.5) is 0 Å². The van der Waals surface area contributed by atoms with Gasteiger partial charge in [-0.25, -0.2) is 0 Å². The number of carbonyl (C=O) groups excluding carboxylic acids is 2. The van der Waals surface area contributed by atoms with E-state index in [1.54, 1.807) is 7.11 Å². The first-order valence-electron chi connectivity index (χ1n) is 19.6. The number of hydrogen-bond acceptors (Lipinski definition) is 12. The third-order valence-electron chi connectivity index (χ3n) is 12.3. The summed E-state index contributed by atoms with van der Waals surface area (Å²) in [6.45, 7) is 23.9. The Labute approximate surface area is 312 Å². The highest BCUT2D eigenvalue weighted by atomic mass is 16.7. The minimum absolute atomic E-state index is 0.143. The molecule has 2 bridgehead atoms. The molecule has 0 aromatic heterocycles. The number of rotatable bonds is 9. The molecular formula is C40H69NO11. The van der Waals surface area contributed by atoms with E-state index in [-0.39, 0.29) is 30.1 Å². The van der Waals surface area contributed by atoms with E-state index < -0.39 is 78.1 Å². The summed E-state index contributed by atoms with van der Waals surface area (Å²) in [4.78, 5) is 28.9. The number of aliphatic hydroxyl groups is 1. The molecule has 0 saturated carbocycles. The van der Waals surface area contributed by atoms with Crippen molar-refractivity contribution in [3.8, 4) is 0 Å². The van der Waals surface area contributed by atoms with Gasteiger partial charge in [0.25, 0.3) is 0 Å². The number of nitrogens with zero attached hydrogens (tertiary/aromatic N) is 1. The quantitative estimate of drug-likeness (QED) is 0.288. The zero-order chi connectivity index (χ0) is 38.9. The van der Waals surface area contributed by atoms with Gasteiger partial charge in [0.1, 0.15) is 23.6 Å². The molecule has 0 radical (unpaired) electrons. The number of methoxy groups -OCH3 is 1. The van der Waals surface area contributed by atoms with Crippen LogP contribution in [-0.2, 0) is 47.5 Å². The second-order valence-electron chi connectivity index (χ2n) is 16.8. The lowest BCUT2D eigenvalue weighted by Crippen LogP contribution is -2.60. The molecule has 3 saturated heterocycles. The molecule has 12 heteroatoms. The van der Waals surface area contributed by atoms with Gasteiger partial charge in [0.05, 0.1) is 42.0 Å². The second-order valence-corrected chi connectivity index (χ2v) is 16.8. The van der Waals surface area contributed by atoms with E-state index in [0.717, 1.165) is 12.1 Å². The van der Waals surface area contributed by atoms with Crippen molar-refractivity contribution in [3.05, 3.63) is 11.3 Å². The molecule has 4 aliphatic heterocycles. The van der Waals surface area contributed by atoms with Gasteiger partial charge in [-0.3, -0.25) is 14.5 Å². The van der Waals surface area contributed by atoms with Gasteiger partial charge in [-0.05, 0) is 73.5 Å². The van der Waals surface area contributed by atoms with Crippen LogP contribution in [0.15, 0.2) is 11.3 Å². The maximum atomic E-state index is 14.2. The van der Waals surface area contributed by atoms with E-state index in [0.29, 0.717) is 37.9 Å². The molecule has 3 fully saturated rings. The Balaban J connectivity index is 1.85. The van der Waals surface area contributed by atoms with E-state index in [2.05, 4.69) is 11.8 Å². The van der Waals surface area contributed by atoms with Gasteiger partial charge in [0.2, 0.25) is 0 Å². The minimum atomic E-state index is -0.974. The summed E-state index contributed by atoms with van der Waals surface area (Å²) >= 11 is 0. The van der Waals surface area contributed by atoms with Crippen LogP contribution >= 0.6 is 0 Å². The molecule has 0 spiro atoms. The van der Waals surface area contributed by atoms with Crippen LogP contribution in [0.3, 0.4) is 0 Å². The van der Waals surface area contributed by atoms with Gasteiger partial charge >= 0.3 is 11.9 Å². The Hall–Kier alpha value is -1.80. The van der Waals surface area contributed by atoms with Crippen molar-refractivity contribution in [1.82, 2.24) is 4.90 Å². The van der Waals surface area contributed by atoms with Crippen molar-refractivity contribution in [3.63, 3.8) is 0 Å². The first-order chi connectivity index (χ1) is 24.3. The van der Waals surface area contributed by atoms with Gasteiger partial charge < -0.3 is 43.0 Å². The Kier molecular flexibility index (Phi) is 14.3. The molecule has 16 atom stereocenters. The molecular weight excluding hydrogens is 670 g/mol. The van der Waals surface area contributed by atoms with Crippen molar-refractivity contribution < 1.29 is 52.6 Å². The molecule has 0 aliphatic carbocycles. The van der Waals surface area contributed by atoms with Crippen LogP contribution < -0.4 is 0 Å². The summed E-state index contributed by atoms with van der Waals surface area (Å²) in [5.41, 5.74) is -0.449. The van der Waals surface area contributed by atoms with Crippen LogP contribution in [0.5, 0.6) is 0 Å². The summed E-state index contributed by atoms with van der Waals surface area (Å²) in [7, 11) is 3.70. The number of fused-ring (bicyclic) bond motifs is 2. The summed E-state index contributed by atoms with van der Waals surface area (Å²) in [6.07, 6.45) is -2.72. The number of ether oxygens (including phenoxy) is 8. The maximum absolute atomic E-state index is 14.2. The van der Waals surface area contributed by atoms with Gasteiger partial charge in [0.15, 0.2) is 18.7 Å². The molecule has 4 rings (SSSR count). The normalized spacial score (nSPS) is 45.0. The number of carbonyl (C=O) groups is 2. The molecule has 0 amide bonds. The number of likely N-dealkylation sites (N-methyl/N-ethyl adjacent to an activating group) is 1. The Morgan fingerprint density at radius 2 is 1.63 bits per heavy atom. The molecule has 52 heavy (non-hydrogen) atoms. The van der Waals surface area contributed by atoms with E-state index in [1.165, 1.54) is 6.92 Å². The fourth-order valence-corrected chi connectivity index (χ4v) is 9.19. The number of cyclic esters (lactones) is 1. The Bertz CT molecular complexity index is 1260. The summed E-state index contributed by atoms with van der Waals surface area (Å²) in [5.74, 6) is -2.17. The molecule has 0 unspecified atom stereocenters. The lowest BCUT2D eigenvalue weighted by Gasteiger charge is -2.48. The second kappa shape index (κ2) is 17.3. The molecule has 1 N–H and O–H groups in total. The molecule has 0 aromatic carbocycles. The van der Waals surface area contributed by atoms with Crippen molar-refractivity contribution in [2.45, 2.75) is 188 Å². The third kappa shape index (κ3) is 9.34. The predicted molar refractivity (Wildman–Crippen MR) is 195 cm³/mol. The van der Waals surface area contributed by atoms with Crippen molar-refractivity contribution in [2.75, 3.05) is 20.7 Å². The number of esters is 2. The molecule has 300 valence electrons. The van der Waals surface area contributed by atoms with Crippen molar-refractivity contribution in [1.29, 1.82) is 0 Å². The minimum Gasteiger partial charge on any atom is -0.489 e. The number of aliphatic hydroxyl groups excluding tert-OH is 1. The summed E-state index contributed by atoms with van der Waals surface area (Å²) < 4.78 is 52.1. The summed E-state index contributed by atoms with van der Waals surface area (Å²) in [5, 5.41) is 11.7. The number of hydrogen-bond donors (Lipinski definition) is 1. The molecule has 12 nitrogen and oxygen atoms in total. The zero-order valence-corrected chi connectivity index (χ0v) is 34.3. The van der Waals surface area contributed by atoms with Crippen LogP contribution in [0.25, 0.3) is 0 Å². The summed E-state index contributed by atoms with van der Waals surface area (Å²) in [6, 6.07) is -0.159. The fraction of sp³-hybridized carbons (Fsp3) is 0.900. The van der Waals surface area contributed by atoms with Crippen molar-refractivity contribution in [2.24, 2.45) is 23.7 Å². The topological polar surface area (TPSA) is 131 Å². The highest BCUT2D eigenvalue weighted by Crippen LogP contribution is 2.47. The van der Waals surface area contributed by atoms with Crippen LogP contribution in [0.2, 0.25) is 0 Å². The largest absolute Gasteiger partial charge is 0.489 e. The average Bonchev–Trinajstić information content (AvgIpc) is 3.40. The van der Waals surface area contributed by atoms with Gasteiger partial charge in [0, 0.05) is 51.0 Å². The zero-order valence-electron chi connectivity index (χ0n) is 34.3. The highest BCUT2D eigenvalue weighted by Gasteiger charge is 2.55. The standard InChI is InChI=1S/C40H69NO11/c1-15-30-24(6)32(43)25(7)33-21(3)18-40(12,52-33)36(51-38-35(48-28(10)42)29(41(13)16-2)17-22(4)47-38)26(8)34(27(9)37(44)49-30)50-31-20-39(11,45-14)19-23(5)46-31/h22-27,29-32,34-36,38,43H,15-20H2,1-14H3/t22-,23+,24+,25+,26+,27-,29+,30+,31+,32+,34-,35-,36-,38+,39+,40+/m1/s1. The van der Waals surface area contributed by atoms with Gasteiger partial charge in [-0.1, -0.05) is 34.6 Å². The van der Waals surface area contributed by atoms with E-state index in [9.17, 15) is 14.7 Å². The average molecular weight is 740 g/mol. The van der Waals surface area contributed by atoms with E-state index >= 15 is 0 Å². The van der Waals surface area contributed by atoms with Gasteiger partial charge in [-0.15, -0.1) is 0 Å². The molecule has 0 aromatic rings. The van der Waals surface area contributed by atoms with Crippen molar-refractivity contribution >= 4 is 11.9 Å². The van der Waals surface area contributed by atoms with E-state index in [4.69, 9.17) is 37.9 Å².